The predicted octanol–water partition coefficient (Wildman–Crippen LogP) is 10.1. The average molecular weight is 1220 g/mol. The average Bonchev–Trinajstić information content (AvgIpc) is 2.37. The maximum atomic E-state index is 14.4. The van der Waals surface area contributed by atoms with E-state index in [9.17, 15) is 32.1 Å². The Morgan fingerprint density at radius 1 is 0.729 bits per heavy atom. The number of carbonyl (C=O) groups is 4. The van der Waals surface area contributed by atoms with Crippen molar-refractivity contribution in [2.45, 2.75) is 114 Å². The third-order valence-corrected chi connectivity index (χ3v) is 20.5. The Kier molecular flexibility index (Phi) is 19.5. The first-order valence-electron chi connectivity index (χ1n) is 28.8. The van der Waals surface area contributed by atoms with Gasteiger partial charge in [-0.1, -0.05) is 64.6 Å². The fraction of sp³-hybridized carbons (Fsp3) is 0.438. The second-order valence-corrected chi connectivity index (χ2v) is 27.4. The minimum atomic E-state index is -4.89. The van der Waals surface area contributed by atoms with E-state index < -0.39 is 32.0 Å². The molecule has 3 amide bonds. The molecule has 0 spiro atoms. The Bertz CT molecular complexity index is 3430. The number of rotatable bonds is 27. The SMILES string of the molecule is C=C1CCC(=O)N1OC(=O)C(CCSSC(C)(C)CN(CCOCCOCCOC)c1cc(COc2cc3c(cc2C)C(=O)N2c4ccccc4C[C@H]2CC3)cc(COc2cc3c(cc2OC)C(=O)N2c4ccccc4C[C@H]2CC3)c1)S(=O)(=O)O. The molecule has 85 heavy (non-hydrogen) atoms. The first-order chi connectivity index (χ1) is 40.9. The highest BCUT2D eigenvalue weighted by Gasteiger charge is 2.41. The molecule has 0 bridgehead atoms. The van der Waals surface area contributed by atoms with Gasteiger partial charge in [-0.2, -0.15) is 8.42 Å². The number of nitrogens with zero attached hydrogens (tertiary/aromatic N) is 4. The highest BCUT2D eigenvalue weighted by molar-refractivity contribution is 8.77. The Morgan fingerprint density at radius 2 is 1.31 bits per heavy atom. The molecule has 0 saturated carbocycles. The van der Waals surface area contributed by atoms with Crippen LogP contribution in [0.25, 0.3) is 0 Å². The molecule has 3 atom stereocenters. The number of hydroxylamine groups is 2. The number of hydrogen-bond donors (Lipinski definition) is 1. The van der Waals surface area contributed by atoms with Gasteiger partial charge in [-0.3, -0.25) is 18.9 Å². The number of anilines is 3. The van der Waals surface area contributed by atoms with E-state index in [0.29, 0.717) is 86.0 Å². The number of methoxy groups -OCH3 is 2. The van der Waals surface area contributed by atoms with Crippen LogP contribution in [0.3, 0.4) is 0 Å². The lowest BCUT2D eigenvalue weighted by molar-refractivity contribution is -0.186. The Hall–Kier alpha value is -6.59. The number of fused-ring (bicyclic) bond motifs is 8. The molecule has 1 unspecified atom stereocenters. The van der Waals surface area contributed by atoms with Gasteiger partial charge in [0.1, 0.15) is 19.0 Å². The summed E-state index contributed by atoms with van der Waals surface area (Å²) >= 11 is 0. The molecular formula is C64H74N4O14S3. The molecule has 10 rings (SSSR count). The normalized spacial score (nSPS) is 17.6. The van der Waals surface area contributed by atoms with Gasteiger partial charge in [0.2, 0.25) is 0 Å². The zero-order valence-electron chi connectivity index (χ0n) is 48.8. The highest BCUT2D eigenvalue weighted by Crippen LogP contribution is 2.43. The summed E-state index contributed by atoms with van der Waals surface area (Å²) in [6.07, 6.45) is 4.72. The van der Waals surface area contributed by atoms with Gasteiger partial charge in [-0.25, -0.2) is 4.79 Å². The number of amides is 3. The van der Waals surface area contributed by atoms with Crippen LogP contribution in [-0.2, 0) is 77.7 Å². The monoisotopic (exact) mass is 1220 g/mol. The van der Waals surface area contributed by atoms with Gasteiger partial charge in [-0.15, -0.1) is 5.06 Å². The van der Waals surface area contributed by atoms with Crippen molar-refractivity contribution >= 4 is 72.5 Å². The summed E-state index contributed by atoms with van der Waals surface area (Å²) in [6.45, 7) is 13.0. The van der Waals surface area contributed by atoms with Crippen molar-refractivity contribution in [1.29, 1.82) is 0 Å². The van der Waals surface area contributed by atoms with Crippen molar-refractivity contribution in [3.8, 4) is 17.2 Å². The van der Waals surface area contributed by atoms with Crippen LogP contribution in [0, 0.1) is 6.92 Å². The van der Waals surface area contributed by atoms with E-state index in [0.717, 1.165) is 77.0 Å². The van der Waals surface area contributed by atoms with Gasteiger partial charge in [-0.05, 0) is 166 Å². The zero-order valence-corrected chi connectivity index (χ0v) is 51.3. The molecule has 0 aromatic heterocycles. The topological polar surface area (TPSA) is 200 Å². The molecule has 18 nitrogen and oxygen atoms in total. The molecule has 1 fully saturated rings. The maximum Gasteiger partial charge on any atom is 0.353 e. The molecule has 5 aliphatic rings. The number of aryl methyl sites for hydroxylation is 3. The van der Waals surface area contributed by atoms with Gasteiger partial charge in [0.05, 0.1) is 45.8 Å². The van der Waals surface area contributed by atoms with Crippen LogP contribution in [0.1, 0.15) is 106 Å². The summed E-state index contributed by atoms with van der Waals surface area (Å²) in [5.74, 6) is -0.0740. The van der Waals surface area contributed by atoms with E-state index >= 15 is 0 Å². The largest absolute Gasteiger partial charge is 0.493 e. The highest BCUT2D eigenvalue weighted by atomic mass is 33.1. The lowest BCUT2D eigenvalue weighted by Crippen LogP contribution is -2.39. The number of ether oxygens (including phenoxy) is 6. The number of para-hydroxylation sites is 2. The quantitative estimate of drug-likeness (QED) is 0.0295. The maximum absolute atomic E-state index is 14.4. The summed E-state index contributed by atoms with van der Waals surface area (Å²) in [5, 5.41) is -1.21. The van der Waals surface area contributed by atoms with E-state index in [1.165, 1.54) is 32.7 Å². The van der Waals surface area contributed by atoms with Crippen molar-refractivity contribution in [3.63, 3.8) is 0 Å². The molecule has 452 valence electrons. The number of carbonyl (C=O) groups excluding carboxylic acids is 4. The second-order valence-electron chi connectivity index (χ2n) is 22.7. The number of hydrogen-bond acceptors (Lipinski definition) is 16. The summed E-state index contributed by atoms with van der Waals surface area (Å²) < 4.78 is 71.0. The van der Waals surface area contributed by atoms with Gasteiger partial charge in [0.15, 0.2) is 16.7 Å². The van der Waals surface area contributed by atoms with Crippen LogP contribution in [0.2, 0.25) is 0 Å². The number of allylic oxidation sites excluding steroid dienone is 1. The van der Waals surface area contributed by atoms with Gasteiger partial charge in [0.25, 0.3) is 27.8 Å². The molecule has 0 radical (unpaired) electrons. The van der Waals surface area contributed by atoms with Crippen molar-refractivity contribution in [2.75, 3.05) is 80.8 Å². The lowest BCUT2D eigenvalue weighted by Gasteiger charge is -2.34. The Morgan fingerprint density at radius 3 is 1.89 bits per heavy atom. The second kappa shape index (κ2) is 27.0. The van der Waals surface area contributed by atoms with Gasteiger partial charge >= 0.3 is 5.97 Å². The van der Waals surface area contributed by atoms with Crippen molar-refractivity contribution in [3.05, 3.63) is 153 Å². The zero-order chi connectivity index (χ0) is 60.0. The molecule has 21 heteroatoms. The minimum absolute atomic E-state index is 0.00556. The molecule has 1 N–H and O–H groups in total. The molecule has 1 saturated heterocycles. The van der Waals surface area contributed by atoms with Crippen molar-refractivity contribution in [1.82, 2.24) is 5.06 Å². The molecular weight excluding hydrogens is 1140 g/mol. The summed E-state index contributed by atoms with van der Waals surface area (Å²) in [5.41, 5.74) is 11.0. The van der Waals surface area contributed by atoms with E-state index in [2.05, 4.69) is 55.7 Å². The van der Waals surface area contributed by atoms with Gasteiger partial charge < -0.3 is 48.0 Å². The Labute approximate surface area is 505 Å². The van der Waals surface area contributed by atoms with Crippen LogP contribution in [0.5, 0.6) is 17.2 Å². The molecule has 5 heterocycles. The summed E-state index contributed by atoms with van der Waals surface area (Å²) in [7, 11) is 1.13. The predicted molar refractivity (Wildman–Crippen MR) is 329 cm³/mol. The third kappa shape index (κ3) is 14.3. The van der Waals surface area contributed by atoms with Crippen LogP contribution in [-0.4, -0.2) is 130 Å². The summed E-state index contributed by atoms with van der Waals surface area (Å²) in [6, 6.07) is 30.3. The first kappa shape index (κ1) is 61.5. The van der Waals surface area contributed by atoms with Crippen LogP contribution >= 0.6 is 21.6 Å². The lowest BCUT2D eigenvalue weighted by atomic mass is 9.98. The van der Waals surface area contributed by atoms with Crippen LogP contribution in [0.15, 0.2) is 103 Å². The minimum Gasteiger partial charge on any atom is -0.493 e. The van der Waals surface area contributed by atoms with E-state index in [1.54, 1.807) is 20.3 Å². The van der Waals surface area contributed by atoms with E-state index in [-0.39, 0.29) is 67.8 Å². The Balaban J connectivity index is 0.912. The van der Waals surface area contributed by atoms with Crippen molar-refractivity contribution in [2.24, 2.45) is 0 Å². The molecule has 5 aromatic rings. The van der Waals surface area contributed by atoms with Crippen LogP contribution in [0.4, 0.5) is 17.1 Å². The molecule has 0 aliphatic carbocycles. The van der Waals surface area contributed by atoms with E-state index in [1.807, 2.05) is 71.3 Å². The molecule has 5 aliphatic heterocycles. The third-order valence-electron chi connectivity index (χ3n) is 16.1. The molecule has 5 aromatic carbocycles. The van der Waals surface area contributed by atoms with Crippen LogP contribution < -0.4 is 28.9 Å². The van der Waals surface area contributed by atoms with Crippen molar-refractivity contribution < 1.29 is 65.4 Å². The summed E-state index contributed by atoms with van der Waals surface area (Å²) in [4.78, 5) is 65.3. The first-order valence-corrected chi connectivity index (χ1v) is 32.7. The smallest absolute Gasteiger partial charge is 0.353 e. The fourth-order valence-corrected chi connectivity index (χ4v) is 15.3. The fourth-order valence-electron chi connectivity index (χ4n) is 11.9. The standard InChI is InChI=1S/C64H74N4O14S3/c1-41-29-52-45(16-18-49-33-47-11-7-9-13-54(47)66(49)61(52)70)35-56(41)80-38-43-30-44(39-81-58-36-46-17-19-50-34-48-12-8-10-14-55(48)67(50)62(71)53(46)37-57(58)77-6)32-51(31-43)65(22-23-78-26-27-79-25-24-76-5)40-64(3,4)84-83-28-21-59(85(73,74)75)63(72)82-68-42(2)15-20-60(68)69/h7-14,29-32,35-37,49-50,59H,2,15-28,33-34,38-40H2,1,3-6H3,(H,73,74,75)/t49-,50-,59?/m1/s1. The van der Waals surface area contributed by atoms with E-state index in [4.69, 9.17) is 33.3 Å². The number of benzene rings is 5. The van der Waals surface area contributed by atoms with Gasteiger partial charge in [0, 0.05) is 77.4 Å².